The Balaban J connectivity index is 2.31. The zero-order valence-electron chi connectivity index (χ0n) is 12.7. The molecule has 0 spiro atoms. The number of carbonyl (C=O) groups excluding carboxylic acids is 1. The van der Waals surface area contributed by atoms with Gasteiger partial charge in [0.2, 0.25) is 5.91 Å². The summed E-state index contributed by atoms with van der Waals surface area (Å²) in [5.41, 5.74) is 9.51. The van der Waals surface area contributed by atoms with Crippen molar-refractivity contribution in [3.63, 3.8) is 0 Å². The number of primary amides is 1. The van der Waals surface area contributed by atoms with Crippen LogP contribution in [0, 0.1) is 0 Å². The van der Waals surface area contributed by atoms with Crippen molar-refractivity contribution in [3.8, 4) is 11.1 Å². The van der Waals surface area contributed by atoms with Gasteiger partial charge in [0.25, 0.3) is 0 Å². The third-order valence-corrected chi connectivity index (χ3v) is 4.02. The highest BCUT2D eigenvalue weighted by atomic mass is 16.1. The van der Waals surface area contributed by atoms with Crippen molar-refractivity contribution in [1.82, 2.24) is 0 Å². The number of hydrogen-bond acceptors (Lipinski definition) is 1. The smallest absolute Gasteiger partial charge is 0.248 e. The summed E-state index contributed by atoms with van der Waals surface area (Å²) in [7, 11) is 0. The lowest BCUT2D eigenvalue weighted by atomic mass is 9.90. The van der Waals surface area contributed by atoms with Crippen LogP contribution < -0.4 is 5.73 Å². The average Bonchev–Trinajstić information content (AvgIpc) is 2.54. The van der Waals surface area contributed by atoms with Gasteiger partial charge in [-0.05, 0) is 39.9 Å². The summed E-state index contributed by atoms with van der Waals surface area (Å²) in [5.74, 6) is -0.356. The van der Waals surface area contributed by atoms with Crippen LogP contribution in [0.1, 0.15) is 29.3 Å². The number of benzene rings is 3. The van der Waals surface area contributed by atoms with Gasteiger partial charge in [-0.15, -0.1) is 0 Å². The molecule has 0 aliphatic carbocycles. The average molecular weight is 289 g/mol. The van der Waals surface area contributed by atoms with Crippen LogP contribution >= 0.6 is 0 Å². The minimum atomic E-state index is -0.356. The molecule has 0 saturated carbocycles. The lowest BCUT2D eigenvalue weighted by Crippen LogP contribution is -2.14. The molecule has 0 saturated heterocycles. The fourth-order valence-corrected chi connectivity index (χ4v) is 3.05. The number of fused-ring (bicyclic) bond motifs is 1. The van der Waals surface area contributed by atoms with E-state index in [1.165, 1.54) is 10.8 Å². The molecule has 3 aromatic rings. The van der Waals surface area contributed by atoms with E-state index in [0.29, 0.717) is 5.56 Å². The Morgan fingerprint density at radius 2 is 1.59 bits per heavy atom. The molecule has 0 unspecified atom stereocenters. The summed E-state index contributed by atoms with van der Waals surface area (Å²) >= 11 is 0. The molecule has 2 N–H and O–H groups in total. The van der Waals surface area contributed by atoms with Gasteiger partial charge < -0.3 is 5.73 Å². The maximum Gasteiger partial charge on any atom is 0.248 e. The molecular formula is C20H19NO. The lowest BCUT2D eigenvalue weighted by Gasteiger charge is -2.14. The molecule has 2 nitrogen and oxygen atoms in total. The number of nitrogens with two attached hydrogens (primary N) is 1. The van der Waals surface area contributed by atoms with Crippen LogP contribution in [0.5, 0.6) is 0 Å². The van der Waals surface area contributed by atoms with Crippen molar-refractivity contribution >= 4 is 16.7 Å². The van der Waals surface area contributed by atoms with Crippen molar-refractivity contribution in [3.05, 3.63) is 71.8 Å². The standard InChI is InChI=1S/C20H19NO/c1-2-7-16-18(12-6-13-19(16)20(21)22)17-11-5-9-14-8-3-4-10-15(14)17/h3-6,8-13H,2,7H2,1H3,(H2,21,22). The van der Waals surface area contributed by atoms with Gasteiger partial charge in [-0.25, -0.2) is 0 Å². The Labute approximate surface area is 130 Å². The third kappa shape index (κ3) is 2.48. The largest absolute Gasteiger partial charge is 0.366 e. The Bertz CT molecular complexity index is 831. The van der Waals surface area contributed by atoms with Crippen LogP contribution in [0.4, 0.5) is 0 Å². The monoisotopic (exact) mass is 289 g/mol. The molecule has 0 radical (unpaired) electrons. The van der Waals surface area contributed by atoms with E-state index in [0.717, 1.165) is 29.5 Å². The molecule has 22 heavy (non-hydrogen) atoms. The Morgan fingerprint density at radius 1 is 0.909 bits per heavy atom. The van der Waals surface area contributed by atoms with E-state index in [9.17, 15) is 4.79 Å². The van der Waals surface area contributed by atoms with Crippen LogP contribution in [0.2, 0.25) is 0 Å². The van der Waals surface area contributed by atoms with Gasteiger partial charge in [-0.2, -0.15) is 0 Å². The zero-order chi connectivity index (χ0) is 15.5. The first-order valence-electron chi connectivity index (χ1n) is 7.62. The number of amides is 1. The Hall–Kier alpha value is -2.61. The Kier molecular flexibility index (Phi) is 3.92. The molecule has 0 heterocycles. The Morgan fingerprint density at radius 3 is 2.36 bits per heavy atom. The van der Waals surface area contributed by atoms with Gasteiger partial charge in [0.05, 0.1) is 0 Å². The van der Waals surface area contributed by atoms with E-state index in [2.05, 4.69) is 43.3 Å². The molecule has 0 aliphatic heterocycles. The van der Waals surface area contributed by atoms with Crippen LogP contribution in [0.3, 0.4) is 0 Å². The van der Waals surface area contributed by atoms with E-state index in [1.54, 1.807) is 0 Å². The normalized spacial score (nSPS) is 10.8. The van der Waals surface area contributed by atoms with Crippen molar-refractivity contribution < 1.29 is 4.79 Å². The molecule has 0 atom stereocenters. The summed E-state index contributed by atoms with van der Waals surface area (Å²) < 4.78 is 0. The highest BCUT2D eigenvalue weighted by Gasteiger charge is 2.14. The predicted octanol–water partition coefficient (Wildman–Crippen LogP) is 4.56. The van der Waals surface area contributed by atoms with Crippen molar-refractivity contribution in [2.75, 3.05) is 0 Å². The minimum Gasteiger partial charge on any atom is -0.366 e. The second-order valence-electron chi connectivity index (χ2n) is 5.47. The fraction of sp³-hybridized carbons (Fsp3) is 0.150. The quantitative estimate of drug-likeness (QED) is 0.751. The summed E-state index contributed by atoms with van der Waals surface area (Å²) in [4.78, 5) is 11.8. The SMILES string of the molecule is CCCc1c(C(N)=O)cccc1-c1cccc2ccccc12. The second kappa shape index (κ2) is 6.02. The topological polar surface area (TPSA) is 43.1 Å². The van der Waals surface area contributed by atoms with Gasteiger partial charge in [-0.1, -0.05) is 67.9 Å². The van der Waals surface area contributed by atoms with Crippen LogP contribution in [-0.4, -0.2) is 5.91 Å². The van der Waals surface area contributed by atoms with Crippen LogP contribution in [0.25, 0.3) is 21.9 Å². The summed E-state index contributed by atoms with van der Waals surface area (Å²) in [6.45, 7) is 2.12. The highest BCUT2D eigenvalue weighted by molar-refractivity contribution is 6.01. The van der Waals surface area contributed by atoms with Crippen molar-refractivity contribution in [1.29, 1.82) is 0 Å². The van der Waals surface area contributed by atoms with Gasteiger partial charge in [0.15, 0.2) is 0 Å². The zero-order valence-corrected chi connectivity index (χ0v) is 12.7. The minimum absolute atomic E-state index is 0.356. The molecule has 3 rings (SSSR count). The third-order valence-electron chi connectivity index (χ3n) is 4.02. The predicted molar refractivity (Wildman–Crippen MR) is 91.9 cm³/mol. The number of carbonyl (C=O) groups is 1. The number of rotatable bonds is 4. The maximum atomic E-state index is 11.8. The van der Waals surface area contributed by atoms with Crippen LogP contribution in [0.15, 0.2) is 60.7 Å². The van der Waals surface area contributed by atoms with E-state index in [-0.39, 0.29) is 5.91 Å². The summed E-state index contributed by atoms with van der Waals surface area (Å²) in [6.07, 6.45) is 1.82. The fourth-order valence-electron chi connectivity index (χ4n) is 3.05. The lowest BCUT2D eigenvalue weighted by molar-refractivity contribution is 0.0999. The first-order valence-corrected chi connectivity index (χ1v) is 7.62. The van der Waals surface area contributed by atoms with Gasteiger partial charge in [0.1, 0.15) is 0 Å². The van der Waals surface area contributed by atoms with Crippen molar-refractivity contribution in [2.24, 2.45) is 5.73 Å². The maximum absolute atomic E-state index is 11.8. The first kappa shape index (κ1) is 14.3. The molecule has 110 valence electrons. The van der Waals surface area contributed by atoms with E-state index in [4.69, 9.17) is 5.73 Å². The van der Waals surface area contributed by atoms with Crippen molar-refractivity contribution in [2.45, 2.75) is 19.8 Å². The molecule has 0 aliphatic rings. The van der Waals surface area contributed by atoms with E-state index in [1.807, 2.05) is 24.3 Å². The van der Waals surface area contributed by atoms with Gasteiger partial charge >= 0.3 is 0 Å². The van der Waals surface area contributed by atoms with E-state index >= 15 is 0 Å². The highest BCUT2D eigenvalue weighted by Crippen LogP contribution is 2.33. The number of hydrogen-bond donors (Lipinski definition) is 1. The molecule has 3 aromatic carbocycles. The molecule has 1 amide bonds. The molecular weight excluding hydrogens is 270 g/mol. The molecule has 2 heteroatoms. The van der Waals surface area contributed by atoms with Gasteiger partial charge in [0, 0.05) is 5.56 Å². The first-order chi connectivity index (χ1) is 10.7. The molecule has 0 aromatic heterocycles. The summed E-state index contributed by atoms with van der Waals surface area (Å²) in [6, 6.07) is 20.4. The molecule has 0 bridgehead atoms. The van der Waals surface area contributed by atoms with E-state index < -0.39 is 0 Å². The second-order valence-corrected chi connectivity index (χ2v) is 5.47. The summed E-state index contributed by atoms with van der Waals surface area (Å²) in [5, 5.41) is 2.40. The molecule has 0 fully saturated rings. The van der Waals surface area contributed by atoms with Crippen LogP contribution in [-0.2, 0) is 6.42 Å². The van der Waals surface area contributed by atoms with Gasteiger partial charge in [-0.3, -0.25) is 4.79 Å².